The summed E-state index contributed by atoms with van der Waals surface area (Å²) in [5.41, 5.74) is -0.934. The third-order valence-corrected chi connectivity index (χ3v) is 7.21. The SMILES string of the molecule is C[C@H]1O[C@@H](Oc2c(-c3ccc(O)cc3)oc3cc(O)cc(O)c3c2=O)[C@@H](O[C@@H]2O[C@H](CO)[C@@H](O)[C@H](O)[C@H]2O)[C@H](O)[C@H]1O. The lowest BCUT2D eigenvalue weighted by molar-refractivity contribution is -0.355. The molecule has 3 aromatic rings. The molecule has 42 heavy (non-hydrogen) atoms. The Balaban J connectivity index is 1.58. The number of phenols is 3. The van der Waals surface area contributed by atoms with Crippen LogP contribution >= 0.6 is 0 Å². The average Bonchev–Trinajstić information content (AvgIpc) is 2.95. The van der Waals surface area contributed by atoms with E-state index < -0.39 is 90.7 Å². The van der Waals surface area contributed by atoms with E-state index in [2.05, 4.69) is 0 Å². The van der Waals surface area contributed by atoms with Crippen molar-refractivity contribution in [2.24, 2.45) is 0 Å². The number of benzene rings is 2. The molecule has 5 rings (SSSR count). The Hall–Kier alpha value is -3.51. The zero-order valence-corrected chi connectivity index (χ0v) is 21.9. The van der Waals surface area contributed by atoms with Crippen molar-refractivity contribution >= 4 is 11.0 Å². The van der Waals surface area contributed by atoms with Crippen LogP contribution in [-0.2, 0) is 14.2 Å². The second-order valence-corrected chi connectivity index (χ2v) is 10.1. The largest absolute Gasteiger partial charge is 0.508 e. The van der Waals surface area contributed by atoms with Crippen molar-refractivity contribution in [3.8, 4) is 34.3 Å². The van der Waals surface area contributed by atoms with E-state index in [-0.39, 0.29) is 28.0 Å². The van der Waals surface area contributed by atoms with Crippen LogP contribution in [0.5, 0.6) is 23.0 Å². The molecule has 2 aliphatic heterocycles. The van der Waals surface area contributed by atoms with Gasteiger partial charge < -0.3 is 69.3 Å². The van der Waals surface area contributed by atoms with E-state index in [1.165, 1.54) is 31.2 Å². The monoisotopic (exact) mass is 594 g/mol. The van der Waals surface area contributed by atoms with Crippen LogP contribution in [0.3, 0.4) is 0 Å². The summed E-state index contributed by atoms with van der Waals surface area (Å²) in [6.07, 6.45) is -16.4. The molecule has 0 aliphatic carbocycles. The van der Waals surface area contributed by atoms with Crippen molar-refractivity contribution < 1.29 is 69.3 Å². The highest BCUT2D eigenvalue weighted by Gasteiger charge is 2.51. The number of aliphatic hydroxyl groups is 6. The molecule has 10 atom stereocenters. The van der Waals surface area contributed by atoms with Crippen LogP contribution in [-0.4, -0.2) is 114 Å². The molecule has 0 radical (unpaired) electrons. The van der Waals surface area contributed by atoms with Crippen molar-refractivity contribution in [3.05, 3.63) is 46.6 Å². The van der Waals surface area contributed by atoms with Gasteiger partial charge in [0.1, 0.15) is 64.8 Å². The van der Waals surface area contributed by atoms with Crippen molar-refractivity contribution in [3.63, 3.8) is 0 Å². The fourth-order valence-electron chi connectivity index (χ4n) is 4.87. The fourth-order valence-corrected chi connectivity index (χ4v) is 4.87. The maximum Gasteiger partial charge on any atom is 0.239 e. The van der Waals surface area contributed by atoms with Crippen molar-refractivity contribution in [1.29, 1.82) is 0 Å². The van der Waals surface area contributed by atoms with Gasteiger partial charge in [-0.15, -0.1) is 0 Å². The Morgan fingerprint density at radius 3 is 2.17 bits per heavy atom. The molecule has 0 spiro atoms. The van der Waals surface area contributed by atoms with Gasteiger partial charge in [0, 0.05) is 17.7 Å². The van der Waals surface area contributed by atoms with E-state index in [0.29, 0.717) is 0 Å². The molecule has 228 valence electrons. The van der Waals surface area contributed by atoms with Crippen LogP contribution in [0, 0.1) is 0 Å². The first-order chi connectivity index (χ1) is 19.9. The minimum atomic E-state index is -1.88. The van der Waals surface area contributed by atoms with Gasteiger partial charge in [-0.2, -0.15) is 0 Å². The van der Waals surface area contributed by atoms with Gasteiger partial charge in [-0.3, -0.25) is 4.79 Å². The third-order valence-electron chi connectivity index (χ3n) is 7.21. The summed E-state index contributed by atoms with van der Waals surface area (Å²) in [5.74, 6) is -1.93. The molecule has 2 aliphatic rings. The lowest BCUT2D eigenvalue weighted by atomic mass is 9.97. The maximum atomic E-state index is 13.7. The number of hydrogen-bond donors (Lipinski definition) is 9. The molecule has 0 saturated carbocycles. The first-order valence-corrected chi connectivity index (χ1v) is 12.9. The molecule has 0 bridgehead atoms. The van der Waals surface area contributed by atoms with Crippen LogP contribution in [0.1, 0.15) is 6.92 Å². The van der Waals surface area contributed by atoms with Crippen molar-refractivity contribution in [1.82, 2.24) is 0 Å². The molecule has 15 heteroatoms. The van der Waals surface area contributed by atoms with Gasteiger partial charge in [-0.1, -0.05) is 0 Å². The molecular formula is C27H30O15. The van der Waals surface area contributed by atoms with Gasteiger partial charge in [0.25, 0.3) is 0 Å². The molecule has 1 aromatic heterocycles. The summed E-state index contributed by atoms with van der Waals surface area (Å²) in [4.78, 5) is 13.7. The standard InChI is InChI=1S/C27H30O15/c1-9-17(32)21(36)25(42-26-22(37)20(35)18(33)15(8-28)40-26)27(38-9)41-24-19(34)16-13(31)6-12(30)7-14(16)39-23(24)10-2-4-11(29)5-3-10/h2-7,9,15,17-18,20-22,25-33,35-37H,8H2,1H3/t9-,15-,17+,18-,20+,21-,22-,25+,26+,27+/m1/s1. The number of aliphatic hydroxyl groups excluding tert-OH is 6. The molecule has 15 nitrogen and oxygen atoms in total. The molecule has 0 amide bonds. The summed E-state index contributed by atoms with van der Waals surface area (Å²) in [6, 6.07) is 7.38. The van der Waals surface area contributed by atoms with Gasteiger partial charge in [0.05, 0.1) is 12.7 Å². The van der Waals surface area contributed by atoms with E-state index in [0.717, 1.165) is 12.1 Å². The first kappa shape index (κ1) is 30.0. The lowest BCUT2D eigenvalue weighted by Gasteiger charge is -2.45. The zero-order valence-electron chi connectivity index (χ0n) is 21.9. The van der Waals surface area contributed by atoms with E-state index in [4.69, 9.17) is 23.4 Å². The first-order valence-electron chi connectivity index (χ1n) is 12.9. The minimum Gasteiger partial charge on any atom is -0.508 e. The Kier molecular flexibility index (Phi) is 8.30. The van der Waals surface area contributed by atoms with Crippen molar-refractivity contribution in [2.75, 3.05) is 6.61 Å². The average molecular weight is 595 g/mol. The molecule has 9 N–H and O–H groups in total. The third kappa shape index (κ3) is 5.37. The second kappa shape index (κ2) is 11.6. The van der Waals surface area contributed by atoms with Crippen molar-refractivity contribution in [2.45, 2.75) is 68.3 Å². The van der Waals surface area contributed by atoms with Gasteiger partial charge in [-0.05, 0) is 31.2 Å². The van der Waals surface area contributed by atoms with Crippen LogP contribution < -0.4 is 10.2 Å². The Bertz CT molecular complexity index is 1470. The molecule has 2 fully saturated rings. The maximum absolute atomic E-state index is 13.7. The predicted octanol–water partition coefficient (Wildman–Crippen LogP) is -1.39. The molecule has 2 saturated heterocycles. The van der Waals surface area contributed by atoms with E-state index in [1.807, 2.05) is 0 Å². The Labute approximate surface area is 236 Å². The smallest absolute Gasteiger partial charge is 0.239 e. The number of rotatable bonds is 6. The lowest BCUT2D eigenvalue weighted by Crippen LogP contribution is -2.64. The summed E-state index contributed by atoms with van der Waals surface area (Å²) in [7, 11) is 0. The van der Waals surface area contributed by atoms with E-state index >= 15 is 0 Å². The normalized spacial score (nSPS) is 33.5. The zero-order chi connectivity index (χ0) is 30.5. The van der Waals surface area contributed by atoms with Crippen LogP contribution in [0.4, 0.5) is 0 Å². The predicted molar refractivity (Wildman–Crippen MR) is 139 cm³/mol. The fraction of sp³-hybridized carbons (Fsp3) is 0.444. The van der Waals surface area contributed by atoms with Gasteiger partial charge in [0.2, 0.25) is 17.5 Å². The topological polar surface area (TPSA) is 249 Å². The van der Waals surface area contributed by atoms with E-state index in [1.54, 1.807) is 0 Å². The van der Waals surface area contributed by atoms with Crippen LogP contribution in [0.15, 0.2) is 45.6 Å². The molecule has 0 unspecified atom stereocenters. The number of hydrogen-bond acceptors (Lipinski definition) is 15. The van der Waals surface area contributed by atoms with Crippen LogP contribution in [0.2, 0.25) is 0 Å². The summed E-state index contributed by atoms with van der Waals surface area (Å²) in [6.45, 7) is 0.633. The summed E-state index contributed by atoms with van der Waals surface area (Å²) < 4.78 is 28.5. The molecular weight excluding hydrogens is 564 g/mol. The molecule has 2 aromatic carbocycles. The number of ether oxygens (including phenoxy) is 4. The highest BCUT2D eigenvalue weighted by Crippen LogP contribution is 2.38. The van der Waals surface area contributed by atoms with E-state index in [9.17, 15) is 50.8 Å². The summed E-state index contributed by atoms with van der Waals surface area (Å²) in [5, 5.41) is 91.4. The second-order valence-electron chi connectivity index (χ2n) is 10.1. The quantitative estimate of drug-likeness (QED) is 0.159. The van der Waals surface area contributed by atoms with Crippen LogP contribution in [0.25, 0.3) is 22.3 Å². The van der Waals surface area contributed by atoms with Gasteiger partial charge in [0.15, 0.2) is 18.2 Å². The number of phenolic OH excluding ortho intramolecular Hbond substituents is 3. The van der Waals surface area contributed by atoms with Gasteiger partial charge >= 0.3 is 0 Å². The highest BCUT2D eigenvalue weighted by molar-refractivity contribution is 5.88. The number of aromatic hydroxyl groups is 3. The number of fused-ring (bicyclic) bond motifs is 1. The Morgan fingerprint density at radius 1 is 0.810 bits per heavy atom. The highest BCUT2D eigenvalue weighted by atomic mass is 16.8. The summed E-state index contributed by atoms with van der Waals surface area (Å²) >= 11 is 0. The minimum absolute atomic E-state index is 0.103. The molecule has 3 heterocycles. The van der Waals surface area contributed by atoms with Gasteiger partial charge in [-0.25, -0.2) is 0 Å². The Morgan fingerprint density at radius 2 is 1.50 bits per heavy atom.